The third kappa shape index (κ3) is 3.47. The first kappa shape index (κ1) is 12.5. The molecule has 0 saturated carbocycles. The van der Waals surface area contributed by atoms with E-state index in [1.165, 1.54) is 12.8 Å². The topological polar surface area (TPSA) is 58.4 Å². The molecular formula is C11H23N3O. The van der Waals surface area contributed by atoms with Gasteiger partial charge in [0, 0.05) is 24.5 Å². The molecule has 3 unspecified atom stereocenters. The molecule has 15 heavy (non-hydrogen) atoms. The molecule has 0 radical (unpaired) electrons. The summed E-state index contributed by atoms with van der Waals surface area (Å²) in [5, 5.41) is 2.98. The van der Waals surface area contributed by atoms with Crippen LogP contribution in [0.4, 0.5) is 0 Å². The first-order chi connectivity index (χ1) is 7.02. The Morgan fingerprint density at radius 2 is 2.27 bits per heavy atom. The highest BCUT2D eigenvalue weighted by atomic mass is 16.1. The number of nitrogens with one attached hydrogen (secondary N) is 1. The van der Waals surface area contributed by atoms with Gasteiger partial charge in [0.25, 0.3) is 0 Å². The van der Waals surface area contributed by atoms with Crippen LogP contribution in [0.25, 0.3) is 0 Å². The largest absolute Gasteiger partial charge is 0.354 e. The second-order valence-corrected chi connectivity index (χ2v) is 4.67. The monoisotopic (exact) mass is 213 g/mol. The van der Waals surface area contributed by atoms with Crippen LogP contribution < -0.4 is 11.1 Å². The van der Waals surface area contributed by atoms with Gasteiger partial charge in [-0.3, -0.25) is 4.79 Å². The first-order valence-electron chi connectivity index (χ1n) is 5.76. The Labute approximate surface area is 92.2 Å². The number of carbonyl (C=O) groups is 1. The van der Waals surface area contributed by atoms with Crippen LogP contribution in [0.3, 0.4) is 0 Å². The van der Waals surface area contributed by atoms with Gasteiger partial charge in [0.05, 0.1) is 0 Å². The average Bonchev–Trinajstić information content (AvgIpc) is 2.59. The summed E-state index contributed by atoms with van der Waals surface area (Å²) in [4.78, 5) is 13.9. The van der Waals surface area contributed by atoms with E-state index < -0.39 is 0 Å². The molecule has 1 heterocycles. The predicted octanol–water partition coefficient (Wildman–Crippen LogP) is 0.180. The summed E-state index contributed by atoms with van der Waals surface area (Å²) < 4.78 is 0. The van der Waals surface area contributed by atoms with Gasteiger partial charge in [-0.05, 0) is 33.4 Å². The zero-order chi connectivity index (χ0) is 11.4. The number of likely N-dealkylation sites (tertiary alicyclic amines) is 1. The third-order valence-electron chi connectivity index (χ3n) is 3.39. The first-order valence-corrected chi connectivity index (χ1v) is 5.76. The predicted molar refractivity (Wildman–Crippen MR) is 61.5 cm³/mol. The van der Waals surface area contributed by atoms with Crippen LogP contribution in [0.2, 0.25) is 0 Å². The van der Waals surface area contributed by atoms with E-state index in [9.17, 15) is 4.79 Å². The Balaban J connectivity index is 2.27. The molecule has 1 fully saturated rings. The molecule has 0 aromatic carbocycles. The molecule has 1 amide bonds. The highest BCUT2D eigenvalue weighted by Gasteiger charge is 2.23. The van der Waals surface area contributed by atoms with Gasteiger partial charge in [-0.25, -0.2) is 0 Å². The minimum atomic E-state index is -0.100. The van der Waals surface area contributed by atoms with E-state index in [0.29, 0.717) is 6.04 Å². The van der Waals surface area contributed by atoms with Crippen LogP contribution in [-0.2, 0) is 4.79 Å². The Morgan fingerprint density at radius 1 is 1.60 bits per heavy atom. The summed E-state index contributed by atoms with van der Waals surface area (Å²) in [6.07, 6.45) is 2.42. The second-order valence-electron chi connectivity index (χ2n) is 4.67. The lowest BCUT2D eigenvalue weighted by molar-refractivity contribution is -0.125. The minimum Gasteiger partial charge on any atom is -0.354 e. The van der Waals surface area contributed by atoms with E-state index in [1.54, 1.807) is 0 Å². The van der Waals surface area contributed by atoms with Crippen molar-refractivity contribution in [1.82, 2.24) is 10.2 Å². The molecule has 0 aromatic rings. The van der Waals surface area contributed by atoms with Crippen LogP contribution in [0.5, 0.6) is 0 Å². The highest BCUT2D eigenvalue weighted by molar-refractivity contribution is 5.78. The van der Waals surface area contributed by atoms with E-state index in [1.807, 2.05) is 13.8 Å². The van der Waals surface area contributed by atoms with Crippen LogP contribution in [0.1, 0.15) is 26.7 Å². The van der Waals surface area contributed by atoms with Crippen molar-refractivity contribution < 1.29 is 4.79 Å². The summed E-state index contributed by atoms with van der Waals surface area (Å²) in [7, 11) is 2.11. The fourth-order valence-electron chi connectivity index (χ4n) is 1.86. The van der Waals surface area contributed by atoms with Crippen molar-refractivity contribution in [3.05, 3.63) is 0 Å². The molecule has 0 spiro atoms. The molecule has 1 aliphatic rings. The quantitative estimate of drug-likeness (QED) is 0.700. The summed E-state index contributed by atoms with van der Waals surface area (Å²) in [6, 6.07) is 0.431. The smallest absolute Gasteiger partial charge is 0.224 e. The molecule has 4 heteroatoms. The van der Waals surface area contributed by atoms with Crippen molar-refractivity contribution in [2.75, 3.05) is 20.1 Å². The maximum Gasteiger partial charge on any atom is 0.224 e. The van der Waals surface area contributed by atoms with Gasteiger partial charge in [0.15, 0.2) is 0 Å². The Bertz CT molecular complexity index is 218. The fourth-order valence-corrected chi connectivity index (χ4v) is 1.86. The van der Waals surface area contributed by atoms with Crippen molar-refractivity contribution in [2.24, 2.45) is 11.7 Å². The van der Waals surface area contributed by atoms with E-state index in [0.717, 1.165) is 13.1 Å². The molecule has 88 valence electrons. The maximum absolute atomic E-state index is 11.6. The summed E-state index contributed by atoms with van der Waals surface area (Å²) >= 11 is 0. The van der Waals surface area contributed by atoms with Gasteiger partial charge in [-0.1, -0.05) is 6.92 Å². The third-order valence-corrected chi connectivity index (χ3v) is 3.39. The lowest BCUT2D eigenvalue weighted by atomic mass is 10.0. The van der Waals surface area contributed by atoms with Gasteiger partial charge < -0.3 is 16.0 Å². The van der Waals surface area contributed by atoms with Crippen LogP contribution in [0.15, 0.2) is 0 Å². The van der Waals surface area contributed by atoms with E-state index in [4.69, 9.17) is 5.73 Å². The molecule has 3 atom stereocenters. The normalized spacial score (nSPS) is 26.3. The van der Waals surface area contributed by atoms with Crippen molar-refractivity contribution >= 4 is 5.91 Å². The second kappa shape index (κ2) is 5.47. The molecular weight excluding hydrogens is 190 g/mol. The summed E-state index contributed by atoms with van der Waals surface area (Å²) in [5.41, 5.74) is 5.68. The number of likely N-dealkylation sites (N-methyl/N-ethyl adjacent to an activating group) is 1. The minimum absolute atomic E-state index is 0.0744. The zero-order valence-electron chi connectivity index (χ0n) is 9.99. The van der Waals surface area contributed by atoms with Gasteiger partial charge in [0.2, 0.25) is 5.91 Å². The lowest BCUT2D eigenvalue weighted by Gasteiger charge is -2.21. The van der Waals surface area contributed by atoms with Crippen molar-refractivity contribution in [3.8, 4) is 0 Å². The average molecular weight is 213 g/mol. The maximum atomic E-state index is 11.6. The van der Waals surface area contributed by atoms with Crippen molar-refractivity contribution in [2.45, 2.75) is 38.8 Å². The van der Waals surface area contributed by atoms with Crippen LogP contribution in [0, 0.1) is 5.92 Å². The summed E-state index contributed by atoms with van der Waals surface area (Å²) in [6.45, 7) is 5.64. The van der Waals surface area contributed by atoms with Gasteiger partial charge in [-0.2, -0.15) is 0 Å². The molecule has 1 saturated heterocycles. The number of rotatable bonds is 4. The van der Waals surface area contributed by atoms with Crippen molar-refractivity contribution in [1.29, 1.82) is 0 Å². The van der Waals surface area contributed by atoms with E-state index in [2.05, 4.69) is 17.3 Å². The standard InChI is InChI=1S/C11H23N3O/c1-8(9(2)12)11(15)13-7-10-5-4-6-14(10)3/h8-10H,4-7,12H2,1-3H3,(H,13,15). The fraction of sp³-hybridized carbons (Fsp3) is 0.909. The Kier molecular flexibility index (Phi) is 4.54. The van der Waals surface area contributed by atoms with Crippen LogP contribution >= 0.6 is 0 Å². The van der Waals surface area contributed by atoms with Gasteiger partial charge >= 0.3 is 0 Å². The number of hydrogen-bond acceptors (Lipinski definition) is 3. The van der Waals surface area contributed by atoms with Gasteiger partial charge in [-0.15, -0.1) is 0 Å². The number of carbonyl (C=O) groups excluding carboxylic acids is 1. The zero-order valence-corrected chi connectivity index (χ0v) is 9.99. The lowest BCUT2D eigenvalue weighted by Crippen LogP contribution is -2.43. The van der Waals surface area contributed by atoms with Gasteiger partial charge in [0.1, 0.15) is 0 Å². The molecule has 3 N–H and O–H groups in total. The molecule has 0 aromatic heterocycles. The summed E-state index contributed by atoms with van der Waals surface area (Å²) in [5.74, 6) is -0.0259. The molecule has 0 bridgehead atoms. The Hall–Kier alpha value is -0.610. The number of hydrogen-bond donors (Lipinski definition) is 2. The number of amides is 1. The molecule has 1 aliphatic heterocycles. The number of nitrogens with zero attached hydrogens (tertiary/aromatic N) is 1. The molecule has 1 rings (SSSR count). The highest BCUT2D eigenvalue weighted by Crippen LogP contribution is 2.13. The van der Waals surface area contributed by atoms with Crippen molar-refractivity contribution in [3.63, 3.8) is 0 Å². The van der Waals surface area contributed by atoms with Crippen LogP contribution in [-0.4, -0.2) is 43.0 Å². The Morgan fingerprint density at radius 3 is 2.73 bits per heavy atom. The van der Waals surface area contributed by atoms with E-state index in [-0.39, 0.29) is 17.9 Å². The number of nitrogens with two attached hydrogens (primary N) is 1. The molecule has 4 nitrogen and oxygen atoms in total. The SMILES string of the molecule is CC(N)C(C)C(=O)NCC1CCCN1C. The molecule has 0 aliphatic carbocycles. The van der Waals surface area contributed by atoms with E-state index >= 15 is 0 Å².